The summed E-state index contributed by atoms with van der Waals surface area (Å²) >= 11 is 0. The van der Waals surface area contributed by atoms with Crippen molar-refractivity contribution in [2.75, 3.05) is 11.9 Å². The summed E-state index contributed by atoms with van der Waals surface area (Å²) in [5.74, 6) is -2.84. The fraction of sp³-hybridized carbons (Fsp3) is 0.250. The number of carboxylic acid groups (broad SMARTS) is 1. The van der Waals surface area contributed by atoms with Crippen molar-refractivity contribution in [2.24, 2.45) is 11.5 Å². The van der Waals surface area contributed by atoms with E-state index in [1.165, 1.54) is 12.1 Å². The fourth-order valence-corrected chi connectivity index (χ4v) is 3.20. The standard InChI is InChI=1S/C20H23BN4O6/c1-10-5-6-12(7-15(10)24-19(27)14(23)9-22)18(26)25-16-8-11-3-2-4-13(20(28)29)17(11)31-21(16)30/h2-7,14,16,30H,8-9,22-23H2,1H3,(H,24,27)(H,25,26)(H,28,29). The fourth-order valence-electron chi connectivity index (χ4n) is 3.20. The Morgan fingerprint density at radius 1 is 1.29 bits per heavy atom. The maximum absolute atomic E-state index is 12.8. The van der Waals surface area contributed by atoms with Crippen molar-refractivity contribution in [1.29, 1.82) is 0 Å². The van der Waals surface area contributed by atoms with Gasteiger partial charge in [0.05, 0.1) is 17.5 Å². The lowest BCUT2D eigenvalue weighted by Crippen LogP contribution is -2.53. The van der Waals surface area contributed by atoms with Gasteiger partial charge in [-0.15, -0.1) is 0 Å². The molecule has 2 aromatic rings. The third-order valence-corrected chi connectivity index (χ3v) is 5.01. The average molecular weight is 426 g/mol. The molecule has 0 bridgehead atoms. The van der Waals surface area contributed by atoms with Crippen molar-refractivity contribution in [3.8, 4) is 5.75 Å². The first-order valence-corrected chi connectivity index (χ1v) is 9.59. The molecule has 1 aliphatic rings. The number of para-hydroxylation sites is 1. The van der Waals surface area contributed by atoms with Crippen LogP contribution >= 0.6 is 0 Å². The maximum atomic E-state index is 12.8. The SMILES string of the molecule is Cc1ccc(C(=O)NC2Cc3cccc(C(=O)O)c3OB2O)cc1NC(=O)C(N)CN. The highest BCUT2D eigenvalue weighted by Crippen LogP contribution is 2.30. The number of fused-ring (bicyclic) bond motifs is 1. The van der Waals surface area contributed by atoms with E-state index in [-0.39, 0.29) is 29.8 Å². The molecule has 0 saturated carbocycles. The number of rotatable bonds is 6. The molecule has 31 heavy (non-hydrogen) atoms. The number of amides is 2. The molecule has 8 N–H and O–H groups in total. The van der Waals surface area contributed by atoms with Gasteiger partial charge in [0.2, 0.25) is 5.91 Å². The summed E-state index contributed by atoms with van der Waals surface area (Å²) in [5, 5.41) is 24.9. The van der Waals surface area contributed by atoms with E-state index in [9.17, 15) is 24.5 Å². The predicted molar refractivity (Wildman–Crippen MR) is 114 cm³/mol. The molecule has 2 unspecified atom stereocenters. The van der Waals surface area contributed by atoms with Crippen molar-refractivity contribution in [3.05, 3.63) is 58.7 Å². The smallest absolute Gasteiger partial charge is 0.534 e. The zero-order valence-electron chi connectivity index (χ0n) is 16.8. The molecule has 1 aliphatic heterocycles. The van der Waals surface area contributed by atoms with Crippen LogP contribution in [0.4, 0.5) is 5.69 Å². The lowest BCUT2D eigenvalue weighted by atomic mass is 9.72. The first-order chi connectivity index (χ1) is 14.7. The molecule has 0 radical (unpaired) electrons. The summed E-state index contributed by atoms with van der Waals surface area (Å²) in [7, 11) is -1.43. The van der Waals surface area contributed by atoms with Crippen molar-refractivity contribution < 1.29 is 29.2 Å². The second kappa shape index (κ2) is 9.17. The van der Waals surface area contributed by atoms with Crippen molar-refractivity contribution in [2.45, 2.75) is 25.3 Å². The largest absolute Gasteiger partial charge is 0.547 e. The molecule has 0 aliphatic carbocycles. The molecule has 3 rings (SSSR count). The molecular weight excluding hydrogens is 403 g/mol. The van der Waals surface area contributed by atoms with Crippen LogP contribution in [0.5, 0.6) is 5.75 Å². The van der Waals surface area contributed by atoms with E-state index in [4.69, 9.17) is 16.1 Å². The quantitative estimate of drug-likeness (QED) is 0.340. The number of nitrogens with two attached hydrogens (primary N) is 2. The van der Waals surface area contributed by atoms with E-state index in [2.05, 4.69) is 10.6 Å². The van der Waals surface area contributed by atoms with E-state index in [1.807, 2.05) is 0 Å². The zero-order valence-corrected chi connectivity index (χ0v) is 16.8. The van der Waals surface area contributed by atoms with Crippen molar-refractivity contribution in [1.82, 2.24) is 5.32 Å². The van der Waals surface area contributed by atoms with Crippen molar-refractivity contribution >= 4 is 30.6 Å². The average Bonchev–Trinajstić information content (AvgIpc) is 2.74. The highest BCUT2D eigenvalue weighted by atomic mass is 16.5. The van der Waals surface area contributed by atoms with E-state index >= 15 is 0 Å². The first-order valence-electron chi connectivity index (χ1n) is 9.59. The number of carbonyl (C=O) groups excluding carboxylic acids is 2. The molecule has 11 heteroatoms. The summed E-state index contributed by atoms with van der Waals surface area (Å²) in [4.78, 5) is 36.1. The van der Waals surface area contributed by atoms with Gasteiger partial charge < -0.3 is 36.9 Å². The van der Waals surface area contributed by atoms with Gasteiger partial charge in [0, 0.05) is 17.8 Å². The van der Waals surface area contributed by atoms with Crippen LogP contribution in [0, 0.1) is 6.92 Å². The van der Waals surface area contributed by atoms with Crippen LogP contribution in [0.25, 0.3) is 0 Å². The first kappa shape index (κ1) is 22.3. The van der Waals surface area contributed by atoms with Gasteiger partial charge in [-0.25, -0.2) is 4.79 Å². The van der Waals surface area contributed by atoms with E-state index in [1.54, 1.807) is 31.2 Å². The van der Waals surface area contributed by atoms with Crippen LogP contribution in [-0.4, -0.2) is 53.6 Å². The number of anilines is 1. The Labute approximate surface area is 178 Å². The van der Waals surface area contributed by atoms with Gasteiger partial charge in [-0.3, -0.25) is 9.59 Å². The second-order valence-corrected chi connectivity index (χ2v) is 7.25. The molecular formula is C20H23BN4O6. The van der Waals surface area contributed by atoms with Gasteiger partial charge in [-0.05, 0) is 42.7 Å². The van der Waals surface area contributed by atoms with Gasteiger partial charge in [-0.1, -0.05) is 18.2 Å². The summed E-state index contributed by atoms with van der Waals surface area (Å²) in [6, 6.07) is 8.50. The van der Waals surface area contributed by atoms with Crippen molar-refractivity contribution in [3.63, 3.8) is 0 Å². The number of carboxylic acids is 1. The normalized spacial score (nSPS) is 16.0. The van der Waals surface area contributed by atoms with Gasteiger partial charge in [0.15, 0.2) is 0 Å². The van der Waals surface area contributed by atoms with Crippen LogP contribution in [0.3, 0.4) is 0 Å². The van der Waals surface area contributed by atoms with Crippen LogP contribution in [0.1, 0.15) is 31.8 Å². The van der Waals surface area contributed by atoms with Crippen LogP contribution in [0.2, 0.25) is 0 Å². The van der Waals surface area contributed by atoms with E-state index < -0.39 is 36.9 Å². The summed E-state index contributed by atoms with van der Waals surface area (Å²) in [5.41, 5.74) is 12.9. The highest BCUT2D eigenvalue weighted by molar-refractivity contribution is 6.47. The Morgan fingerprint density at radius 2 is 2.03 bits per heavy atom. The summed E-state index contributed by atoms with van der Waals surface area (Å²) in [6.07, 6.45) is 0.185. The molecule has 0 saturated heterocycles. The maximum Gasteiger partial charge on any atom is 0.547 e. The molecule has 0 aromatic heterocycles. The highest BCUT2D eigenvalue weighted by Gasteiger charge is 2.37. The van der Waals surface area contributed by atoms with Crippen LogP contribution in [-0.2, 0) is 11.2 Å². The lowest BCUT2D eigenvalue weighted by molar-refractivity contribution is -0.117. The molecule has 2 aromatic carbocycles. The second-order valence-electron chi connectivity index (χ2n) is 7.25. The Kier molecular flexibility index (Phi) is 6.59. The Hall–Kier alpha value is -3.41. The molecule has 1 heterocycles. The van der Waals surface area contributed by atoms with E-state index in [0.717, 1.165) is 5.56 Å². The van der Waals surface area contributed by atoms with Gasteiger partial charge in [0.25, 0.3) is 5.91 Å². The molecule has 162 valence electrons. The minimum Gasteiger partial charge on any atom is -0.534 e. The Balaban J connectivity index is 1.76. The number of aryl methyl sites for hydroxylation is 1. The molecule has 2 amide bonds. The molecule has 2 atom stereocenters. The number of nitrogens with one attached hydrogen (secondary N) is 2. The number of aromatic carboxylic acids is 1. The number of hydrogen-bond donors (Lipinski definition) is 6. The Morgan fingerprint density at radius 3 is 2.71 bits per heavy atom. The number of hydrogen-bond acceptors (Lipinski definition) is 7. The van der Waals surface area contributed by atoms with Gasteiger partial charge >= 0.3 is 13.1 Å². The number of benzene rings is 2. The molecule has 0 fully saturated rings. The van der Waals surface area contributed by atoms with Crippen LogP contribution in [0.15, 0.2) is 36.4 Å². The topological polar surface area (TPSA) is 177 Å². The zero-order chi connectivity index (χ0) is 22.7. The monoisotopic (exact) mass is 426 g/mol. The summed E-state index contributed by atoms with van der Waals surface area (Å²) < 4.78 is 5.39. The lowest BCUT2D eigenvalue weighted by Gasteiger charge is -2.29. The van der Waals surface area contributed by atoms with Gasteiger partial charge in [0.1, 0.15) is 5.75 Å². The van der Waals surface area contributed by atoms with E-state index in [0.29, 0.717) is 11.3 Å². The third kappa shape index (κ3) is 4.85. The molecule has 10 nitrogen and oxygen atoms in total. The van der Waals surface area contributed by atoms with Gasteiger partial charge in [-0.2, -0.15) is 0 Å². The summed E-state index contributed by atoms with van der Waals surface area (Å²) in [6.45, 7) is 1.75. The number of carbonyl (C=O) groups is 3. The minimum atomic E-state index is -1.43. The minimum absolute atomic E-state index is 0.0182. The third-order valence-electron chi connectivity index (χ3n) is 5.01. The van der Waals surface area contributed by atoms with Crippen LogP contribution < -0.4 is 26.8 Å². The predicted octanol–water partition coefficient (Wildman–Crippen LogP) is -0.329. The Bertz CT molecular complexity index is 1030. The molecule has 0 spiro atoms.